The van der Waals surface area contributed by atoms with Crippen molar-refractivity contribution in [3.05, 3.63) is 29.3 Å². The molecule has 1 aromatic carbocycles. The molecule has 0 saturated carbocycles. The van der Waals surface area contributed by atoms with Crippen molar-refractivity contribution in [3.63, 3.8) is 0 Å². The number of likely N-dealkylation sites (N-methyl/N-ethyl adjacent to an activating group) is 1. The summed E-state index contributed by atoms with van der Waals surface area (Å²) in [5.74, 6) is 0.780. The lowest BCUT2D eigenvalue weighted by atomic mass is 9.98. The first-order chi connectivity index (χ1) is 12.9. The van der Waals surface area contributed by atoms with Gasteiger partial charge in [-0.15, -0.1) is 0 Å². The van der Waals surface area contributed by atoms with Crippen molar-refractivity contribution < 1.29 is 9.59 Å². The molecule has 2 rings (SSSR count). The van der Waals surface area contributed by atoms with E-state index in [4.69, 9.17) is 0 Å². The Morgan fingerprint density at radius 3 is 2.44 bits per heavy atom. The third-order valence-corrected chi connectivity index (χ3v) is 5.40. The van der Waals surface area contributed by atoms with Crippen LogP contribution in [0.3, 0.4) is 0 Å². The average Bonchev–Trinajstić information content (AvgIpc) is 2.67. The summed E-state index contributed by atoms with van der Waals surface area (Å²) in [6, 6.07) is 5.28. The van der Waals surface area contributed by atoms with Crippen molar-refractivity contribution in [2.24, 2.45) is 5.92 Å². The van der Waals surface area contributed by atoms with Crippen LogP contribution in [0, 0.1) is 12.8 Å². The Morgan fingerprint density at radius 1 is 1.19 bits per heavy atom. The fourth-order valence-electron chi connectivity index (χ4n) is 3.37. The molecule has 27 heavy (non-hydrogen) atoms. The van der Waals surface area contributed by atoms with Gasteiger partial charge in [0.05, 0.1) is 0 Å². The molecule has 1 aliphatic rings. The second-order valence-electron chi connectivity index (χ2n) is 7.41. The first kappa shape index (κ1) is 21.2. The van der Waals surface area contributed by atoms with Crippen LogP contribution in [0.1, 0.15) is 49.5 Å². The summed E-state index contributed by atoms with van der Waals surface area (Å²) in [5, 5.41) is 5.76. The Bertz CT molecular complexity index is 635. The highest BCUT2D eigenvalue weighted by molar-refractivity contribution is 5.96. The summed E-state index contributed by atoms with van der Waals surface area (Å²) < 4.78 is 0. The van der Waals surface area contributed by atoms with E-state index in [9.17, 15) is 9.59 Å². The molecule has 3 amide bonds. The van der Waals surface area contributed by atoms with Gasteiger partial charge in [0.15, 0.2) is 0 Å². The maximum Gasteiger partial charge on any atom is 0.319 e. The Morgan fingerprint density at radius 2 is 1.85 bits per heavy atom. The van der Waals surface area contributed by atoms with Crippen molar-refractivity contribution in [2.45, 2.75) is 40.5 Å². The molecule has 1 fully saturated rings. The molecule has 6 heteroatoms. The summed E-state index contributed by atoms with van der Waals surface area (Å²) in [7, 11) is 0. The molecule has 1 heterocycles. The molecule has 1 aliphatic heterocycles. The third-order valence-electron chi connectivity index (χ3n) is 5.40. The second-order valence-corrected chi connectivity index (χ2v) is 7.41. The van der Waals surface area contributed by atoms with Crippen molar-refractivity contribution in [2.75, 3.05) is 44.6 Å². The van der Waals surface area contributed by atoms with Gasteiger partial charge in [-0.3, -0.25) is 4.79 Å². The van der Waals surface area contributed by atoms with E-state index in [0.29, 0.717) is 18.0 Å². The van der Waals surface area contributed by atoms with Gasteiger partial charge in [0.25, 0.3) is 5.91 Å². The molecule has 2 N–H and O–H groups in total. The highest BCUT2D eigenvalue weighted by Crippen LogP contribution is 2.21. The fraction of sp³-hybridized carbons (Fsp3) is 0.619. The first-order valence-electron chi connectivity index (χ1n) is 10.1. The van der Waals surface area contributed by atoms with Gasteiger partial charge >= 0.3 is 6.03 Å². The number of amides is 3. The van der Waals surface area contributed by atoms with Crippen LogP contribution in [0.15, 0.2) is 18.2 Å². The highest BCUT2D eigenvalue weighted by Gasteiger charge is 2.21. The molecule has 0 aliphatic carbocycles. The molecule has 1 aromatic rings. The molecule has 0 atom stereocenters. The first-order valence-corrected chi connectivity index (χ1v) is 10.1. The van der Waals surface area contributed by atoms with Gasteiger partial charge in [-0.05, 0) is 62.5 Å². The lowest BCUT2D eigenvalue weighted by molar-refractivity contribution is 0.0697. The Balaban J connectivity index is 1.88. The number of hydrogen-bond acceptors (Lipinski definition) is 3. The molecular weight excluding hydrogens is 340 g/mol. The van der Waals surface area contributed by atoms with Crippen molar-refractivity contribution in [1.82, 2.24) is 15.1 Å². The minimum atomic E-state index is -0.214. The van der Waals surface area contributed by atoms with Gasteiger partial charge in [0.2, 0.25) is 0 Å². The van der Waals surface area contributed by atoms with Gasteiger partial charge in [-0.25, -0.2) is 4.79 Å². The van der Waals surface area contributed by atoms with E-state index >= 15 is 0 Å². The molecular formula is C21H34N4O2. The van der Waals surface area contributed by atoms with Crippen LogP contribution in [-0.2, 0) is 0 Å². The Hall–Kier alpha value is -2.08. The number of piperidine rings is 1. The molecule has 0 unspecified atom stereocenters. The Labute approximate surface area is 163 Å². The standard InChI is InChI=1S/C21H34N4O2/c1-5-24(6-2)14-11-22-21(27)23-19-8-7-18(15-17(19)4)20(26)25-12-9-16(3)10-13-25/h7-8,15-16H,5-6,9-14H2,1-4H3,(H2,22,23,27). The van der Waals surface area contributed by atoms with Crippen LogP contribution in [0.4, 0.5) is 10.5 Å². The highest BCUT2D eigenvalue weighted by atomic mass is 16.2. The zero-order chi connectivity index (χ0) is 19.8. The Kier molecular flexibility index (Phi) is 8.10. The van der Waals surface area contributed by atoms with Gasteiger partial charge in [-0.2, -0.15) is 0 Å². The van der Waals surface area contributed by atoms with Crippen LogP contribution < -0.4 is 10.6 Å². The predicted octanol–water partition coefficient (Wildman–Crippen LogP) is 3.33. The monoisotopic (exact) mass is 374 g/mol. The van der Waals surface area contributed by atoms with Gasteiger partial charge in [0.1, 0.15) is 0 Å². The molecule has 0 spiro atoms. The van der Waals surface area contributed by atoms with Crippen molar-refractivity contribution in [1.29, 1.82) is 0 Å². The predicted molar refractivity (Wildman–Crippen MR) is 110 cm³/mol. The summed E-state index contributed by atoms with van der Waals surface area (Å²) in [6.45, 7) is 13.4. The van der Waals surface area contributed by atoms with Crippen LogP contribution in [-0.4, -0.2) is 61.0 Å². The van der Waals surface area contributed by atoms with Crippen LogP contribution in [0.25, 0.3) is 0 Å². The number of rotatable bonds is 7. The lowest BCUT2D eigenvalue weighted by Gasteiger charge is -2.30. The van der Waals surface area contributed by atoms with Crippen molar-refractivity contribution in [3.8, 4) is 0 Å². The summed E-state index contributed by atoms with van der Waals surface area (Å²) in [4.78, 5) is 29.0. The van der Waals surface area contributed by atoms with E-state index in [-0.39, 0.29) is 11.9 Å². The number of carbonyl (C=O) groups excluding carboxylic acids is 2. The number of hydrogen-bond donors (Lipinski definition) is 2. The third kappa shape index (κ3) is 6.24. The summed E-state index contributed by atoms with van der Waals surface area (Å²) in [5.41, 5.74) is 2.32. The van der Waals surface area contributed by atoms with Gasteiger partial charge in [-0.1, -0.05) is 20.8 Å². The molecule has 0 radical (unpaired) electrons. The molecule has 0 bridgehead atoms. The number of nitrogens with zero attached hydrogens (tertiary/aromatic N) is 2. The fourth-order valence-corrected chi connectivity index (χ4v) is 3.37. The second kappa shape index (κ2) is 10.3. The summed E-state index contributed by atoms with van der Waals surface area (Å²) >= 11 is 0. The quantitative estimate of drug-likeness (QED) is 0.769. The minimum Gasteiger partial charge on any atom is -0.339 e. The van der Waals surface area contributed by atoms with Gasteiger partial charge in [0, 0.05) is 37.4 Å². The molecule has 1 saturated heterocycles. The van der Waals surface area contributed by atoms with Crippen molar-refractivity contribution >= 4 is 17.6 Å². The molecule has 0 aromatic heterocycles. The zero-order valence-electron chi connectivity index (χ0n) is 17.2. The molecule has 6 nitrogen and oxygen atoms in total. The lowest BCUT2D eigenvalue weighted by Crippen LogP contribution is -2.38. The molecule has 150 valence electrons. The average molecular weight is 375 g/mol. The summed E-state index contributed by atoms with van der Waals surface area (Å²) in [6.07, 6.45) is 2.13. The number of urea groups is 1. The number of likely N-dealkylation sites (tertiary alicyclic amines) is 1. The van der Waals surface area contributed by atoms with Crippen LogP contribution in [0.5, 0.6) is 0 Å². The van der Waals surface area contributed by atoms with Gasteiger partial charge < -0.3 is 20.4 Å². The van der Waals surface area contributed by atoms with E-state index in [1.807, 2.05) is 24.0 Å². The maximum atomic E-state index is 12.7. The largest absolute Gasteiger partial charge is 0.339 e. The zero-order valence-corrected chi connectivity index (χ0v) is 17.2. The number of carbonyl (C=O) groups is 2. The number of anilines is 1. The minimum absolute atomic E-state index is 0.0835. The number of nitrogens with one attached hydrogen (secondary N) is 2. The van der Waals surface area contributed by atoms with E-state index < -0.39 is 0 Å². The maximum absolute atomic E-state index is 12.7. The SMILES string of the molecule is CCN(CC)CCNC(=O)Nc1ccc(C(=O)N2CCC(C)CC2)cc1C. The van der Waals surface area contributed by atoms with E-state index in [1.165, 1.54) is 0 Å². The normalized spacial score (nSPS) is 15.1. The van der Waals surface area contributed by atoms with E-state index in [2.05, 4.69) is 36.3 Å². The van der Waals surface area contributed by atoms with Crippen LogP contribution >= 0.6 is 0 Å². The van der Waals surface area contributed by atoms with Crippen LogP contribution in [0.2, 0.25) is 0 Å². The number of benzene rings is 1. The number of aryl methyl sites for hydroxylation is 1. The van der Waals surface area contributed by atoms with E-state index in [1.54, 1.807) is 6.07 Å². The van der Waals surface area contributed by atoms with E-state index in [0.717, 1.165) is 56.8 Å². The topological polar surface area (TPSA) is 64.7 Å². The smallest absolute Gasteiger partial charge is 0.319 e.